The Morgan fingerprint density at radius 2 is 1.61 bits per heavy atom. The van der Waals surface area contributed by atoms with Gasteiger partial charge >= 0.3 is 0 Å². The third-order valence-electron chi connectivity index (χ3n) is 6.67. The molecule has 3 rings (SSSR count). The number of carbonyl (C=O) groups is 2. The van der Waals surface area contributed by atoms with Gasteiger partial charge in [-0.05, 0) is 50.5 Å². The summed E-state index contributed by atoms with van der Waals surface area (Å²) in [6, 6.07) is 23.5. The number of methoxy groups -OCH3 is 1. The van der Waals surface area contributed by atoms with Crippen molar-refractivity contribution in [2.75, 3.05) is 24.2 Å². The van der Waals surface area contributed by atoms with E-state index in [-0.39, 0.29) is 43.8 Å². The number of carbonyl (C=O) groups excluding carboxylic acids is 2. The van der Waals surface area contributed by atoms with Crippen LogP contribution in [0.3, 0.4) is 0 Å². The van der Waals surface area contributed by atoms with E-state index < -0.39 is 16.1 Å². The number of amides is 2. The molecule has 0 radical (unpaired) electrons. The number of nitrogens with one attached hydrogen (secondary N) is 1. The topological polar surface area (TPSA) is 96.0 Å². The molecule has 0 unspecified atom stereocenters. The summed E-state index contributed by atoms with van der Waals surface area (Å²) in [5.74, 6) is 0.0966. The zero-order valence-corrected chi connectivity index (χ0v) is 25.4. The zero-order chi connectivity index (χ0) is 30.0. The molecule has 0 heterocycles. The number of benzene rings is 3. The first kappa shape index (κ1) is 31.7. The van der Waals surface area contributed by atoms with E-state index in [1.807, 2.05) is 75.4 Å². The van der Waals surface area contributed by atoms with E-state index >= 15 is 0 Å². The van der Waals surface area contributed by atoms with Gasteiger partial charge in [-0.3, -0.25) is 13.9 Å². The summed E-state index contributed by atoms with van der Waals surface area (Å²) >= 11 is 0. The molecule has 0 bridgehead atoms. The maximum atomic E-state index is 13.9. The second kappa shape index (κ2) is 14.7. The van der Waals surface area contributed by atoms with Gasteiger partial charge in [0.2, 0.25) is 21.8 Å². The molecule has 3 aromatic rings. The Hall–Kier alpha value is -3.85. The largest absolute Gasteiger partial charge is 0.497 e. The number of ether oxygens (including phenoxy) is 1. The summed E-state index contributed by atoms with van der Waals surface area (Å²) in [7, 11) is -2.09. The van der Waals surface area contributed by atoms with E-state index in [1.54, 1.807) is 29.2 Å². The Labute approximate surface area is 244 Å². The van der Waals surface area contributed by atoms with Crippen molar-refractivity contribution in [1.82, 2.24) is 10.2 Å². The predicted molar refractivity (Wildman–Crippen MR) is 163 cm³/mol. The number of aryl methyl sites for hydroxylation is 1. The Kier molecular flexibility index (Phi) is 11.3. The molecule has 1 atom stereocenters. The van der Waals surface area contributed by atoms with Crippen molar-refractivity contribution in [3.8, 4) is 5.75 Å². The van der Waals surface area contributed by atoms with Gasteiger partial charge in [-0.1, -0.05) is 66.2 Å². The van der Waals surface area contributed by atoms with Gasteiger partial charge in [0.05, 0.1) is 19.1 Å². The van der Waals surface area contributed by atoms with Crippen LogP contribution < -0.4 is 14.4 Å². The van der Waals surface area contributed by atoms with Crippen LogP contribution in [0.5, 0.6) is 5.75 Å². The molecule has 9 heteroatoms. The summed E-state index contributed by atoms with van der Waals surface area (Å²) in [5, 5.41) is 2.99. The van der Waals surface area contributed by atoms with Gasteiger partial charge in [0, 0.05) is 38.0 Å². The van der Waals surface area contributed by atoms with Crippen LogP contribution in [-0.4, -0.2) is 57.1 Å². The highest BCUT2D eigenvalue weighted by molar-refractivity contribution is 7.92. The molecule has 0 fully saturated rings. The molecule has 0 aliphatic carbocycles. The number of hydrogen-bond acceptors (Lipinski definition) is 5. The lowest BCUT2D eigenvalue weighted by molar-refractivity contribution is -0.141. The lowest BCUT2D eigenvalue weighted by Gasteiger charge is -2.32. The minimum atomic E-state index is -3.61. The second-order valence-corrected chi connectivity index (χ2v) is 12.4. The lowest BCUT2D eigenvalue weighted by Crippen LogP contribution is -2.51. The summed E-state index contributed by atoms with van der Waals surface area (Å²) in [4.78, 5) is 29.0. The summed E-state index contributed by atoms with van der Waals surface area (Å²) < 4.78 is 31.8. The highest BCUT2D eigenvalue weighted by Crippen LogP contribution is 2.24. The average molecular weight is 580 g/mol. The average Bonchev–Trinajstić information content (AvgIpc) is 2.93. The maximum absolute atomic E-state index is 13.9. The van der Waals surface area contributed by atoms with Gasteiger partial charge in [-0.2, -0.15) is 0 Å². The molecule has 2 amide bonds. The molecule has 0 aliphatic rings. The SMILES string of the molecule is COc1cccc(N(CCCC(=O)N(Cc2ccc(C)cc2)[C@H](Cc2ccccc2)C(=O)NC(C)C)S(C)(=O)=O)c1. The highest BCUT2D eigenvalue weighted by Gasteiger charge is 2.31. The first-order chi connectivity index (χ1) is 19.5. The van der Waals surface area contributed by atoms with E-state index in [2.05, 4.69) is 5.32 Å². The van der Waals surface area contributed by atoms with Gasteiger partial charge in [0.1, 0.15) is 11.8 Å². The second-order valence-electron chi connectivity index (χ2n) is 10.5. The maximum Gasteiger partial charge on any atom is 0.243 e. The fourth-order valence-corrected chi connectivity index (χ4v) is 5.55. The zero-order valence-electron chi connectivity index (χ0n) is 24.5. The van der Waals surface area contributed by atoms with E-state index in [0.717, 1.165) is 22.9 Å². The Morgan fingerprint density at radius 3 is 2.22 bits per heavy atom. The van der Waals surface area contributed by atoms with Gasteiger partial charge in [0.15, 0.2) is 0 Å². The number of hydrogen-bond donors (Lipinski definition) is 1. The summed E-state index contributed by atoms with van der Waals surface area (Å²) in [6.07, 6.45) is 1.85. The van der Waals surface area contributed by atoms with Crippen LogP contribution in [0.2, 0.25) is 0 Å². The number of anilines is 1. The quantitative estimate of drug-likeness (QED) is 0.298. The van der Waals surface area contributed by atoms with Crippen molar-refractivity contribution in [2.24, 2.45) is 0 Å². The van der Waals surface area contributed by atoms with Gasteiger partial charge in [-0.25, -0.2) is 8.42 Å². The normalized spacial score (nSPS) is 12.0. The van der Waals surface area contributed by atoms with E-state index in [4.69, 9.17) is 4.74 Å². The molecular weight excluding hydrogens is 538 g/mol. The molecule has 41 heavy (non-hydrogen) atoms. The first-order valence-electron chi connectivity index (χ1n) is 13.8. The van der Waals surface area contributed by atoms with Crippen molar-refractivity contribution in [3.05, 3.63) is 95.6 Å². The van der Waals surface area contributed by atoms with Crippen molar-refractivity contribution >= 4 is 27.5 Å². The fraction of sp³-hybridized carbons (Fsp3) is 0.375. The Bertz CT molecular complexity index is 1390. The highest BCUT2D eigenvalue weighted by atomic mass is 32.2. The molecule has 220 valence electrons. The Balaban J connectivity index is 1.88. The Morgan fingerprint density at radius 1 is 0.927 bits per heavy atom. The monoisotopic (exact) mass is 579 g/mol. The van der Waals surface area contributed by atoms with Gasteiger partial charge < -0.3 is 15.0 Å². The third-order valence-corrected chi connectivity index (χ3v) is 7.86. The van der Waals surface area contributed by atoms with Crippen LogP contribution in [0, 0.1) is 6.92 Å². The van der Waals surface area contributed by atoms with Crippen LogP contribution >= 0.6 is 0 Å². The van der Waals surface area contributed by atoms with Crippen molar-refractivity contribution in [2.45, 2.75) is 58.7 Å². The molecule has 0 saturated heterocycles. The van der Waals surface area contributed by atoms with Crippen LogP contribution in [0.1, 0.15) is 43.4 Å². The molecule has 0 saturated carbocycles. The third kappa shape index (κ3) is 9.63. The molecular formula is C32H41N3O5S. The minimum Gasteiger partial charge on any atom is -0.497 e. The van der Waals surface area contributed by atoms with Crippen molar-refractivity contribution < 1.29 is 22.7 Å². The smallest absolute Gasteiger partial charge is 0.243 e. The predicted octanol–water partition coefficient (Wildman–Crippen LogP) is 4.71. The molecule has 8 nitrogen and oxygen atoms in total. The van der Waals surface area contributed by atoms with Crippen LogP contribution in [0.4, 0.5) is 5.69 Å². The molecule has 0 spiro atoms. The number of sulfonamides is 1. The lowest BCUT2D eigenvalue weighted by atomic mass is 10.0. The van der Waals surface area contributed by atoms with Crippen LogP contribution in [0.15, 0.2) is 78.9 Å². The molecule has 0 aromatic heterocycles. The van der Waals surface area contributed by atoms with E-state index in [9.17, 15) is 18.0 Å². The molecule has 3 aromatic carbocycles. The van der Waals surface area contributed by atoms with Gasteiger partial charge in [0.25, 0.3) is 0 Å². The van der Waals surface area contributed by atoms with Crippen molar-refractivity contribution in [3.63, 3.8) is 0 Å². The molecule has 1 N–H and O–H groups in total. The van der Waals surface area contributed by atoms with Gasteiger partial charge in [-0.15, -0.1) is 0 Å². The number of nitrogens with zero attached hydrogens (tertiary/aromatic N) is 2. The van der Waals surface area contributed by atoms with E-state index in [0.29, 0.717) is 17.9 Å². The van der Waals surface area contributed by atoms with E-state index in [1.165, 1.54) is 11.4 Å². The standard InChI is InChI=1S/C32H41N3O5S/c1-24(2)33-32(37)30(21-26-11-7-6-8-12-26)34(23-27-18-16-25(3)17-19-27)31(36)15-10-20-35(41(5,38)39)28-13-9-14-29(22-28)40-4/h6-9,11-14,16-19,22,24,30H,10,15,20-21,23H2,1-5H3,(H,33,37)/t30-/m1/s1. The summed E-state index contributed by atoms with van der Waals surface area (Å²) in [5.41, 5.74) is 3.42. The fourth-order valence-electron chi connectivity index (χ4n) is 4.59. The van der Waals surface area contributed by atoms with Crippen LogP contribution in [0.25, 0.3) is 0 Å². The number of rotatable bonds is 14. The first-order valence-corrected chi connectivity index (χ1v) is 15.6. The summed E-state index contributed by atoms with van der Waals surface area (Å²) in [6.45, 7) is 6.15. The molecule has 0 aliphatic heterocycles. The van der Waals surface area contributed by atoms with Crippen molar-refractivity contribution in [1.29, 1.82) is 0 Å². The van der Waals surface area contributed by atoms with Crippen LogP contribution in [-0.2, 0) is 32.6 Å². The minimum absolute atomic E-state index is 0.0715.